The molecule has 0 aromatic heterocycles. The van der Waals surface area contributed by atoms with Crippen LogP contribution >= 0.6 is 0 Å². The smallest absolute Gasteiger partial charge is 0.128 e. The van der Waals surface area contributed by atoms with Gasteiger partial charge in [0.2, 0.25) is 0 Å². The Morgan fingerprint density at radius 3 is 3.00 bits per heavy atom. The first kappa shape index (κ1) is 12.2. The summed E-state index contributed by atoms with van der Waals surface area (Å²) >= 11 is 0. The number of rotatable bonds is 4. The van der Waals surface area contributed by atoms with Crippen LogP contribution in [0.5, 0.6) is 11.5 Å². The van der Waals surface area contributed by atoms with Crippen molar-refractivity contribution in [1.29, 1.82) is 0 Å². The molecular weight excluding hydrogens is 214 g/mol. The summed E-state index contributed by atoms with van der Waals surface area (Å²) in [7, 11) is 1.67. The number of fused-ring (bicyclic) bond motifs is 1. The lowest BCUT2D eigenvalue weighted by atomic mass is 9.95. The molecule has 94 valence electrons. The van der Waals surface area contributed by atoms with E-state index in [1.807, 2.05) is 18.2 Å². The first-order valence-corrected chi connectivity index (χ1v) is 6.34. The topological polar surface area (TPSA) is 44.5 Å². The molecule has 1 heterocycles. The van der Waals surface area contributed by atoms with Gasteiger partial charge in [-0.25, -0.2) is 0 Å². The second-order valence-electron chi connectivity index (χ2n) is 4.63. The second kappa shape index (κ2) is 5.41. The molecule has 1 unspecified atom stereocenters. The maximum Gasteiger partial charge on any atom is 0.128 e. The molecule has 0 saturated carbocycles. The van der Waals surface area contributed by atoms with Crippen molar-refractivity contribution in [3.8, 4) is 11.5 Å². The monoisotopic (exact) mass is 235 g/mol. The van der Waals surface area contributed by atoms with Crippen LogP contribution in [0.15, 0.2) is 18.2 Å². The zero-order valence-electron chi connectivity index (χ0n) is 10.6. The van der Waals surface area contributed by atoms with E-state index in [0.29, 0.717) is 0 Å². The quantitative estimate of drug-likeness (QED) is 0.872. The summed E-state index contributed by atoms with van der Waals surface area (Å²) < 4.78 is 11.2. The van der Waals surface area contributed by atoms with Crippen molar-refractivity contribution < 1.29 is 9.47 Å². The highest BCUT2D eigenvalue weighted by Crippen LogP contribution is 2.37. The molecule has 1 aromatic carbocycles. The third-order valence-corrected chi connectivity index (χ3v) is 3.31. The van der Waals surface area contributed by atoms with Crippen LogP contribution in [0.3, 0.4) is 0 Å². The van der Waals surface area contributed by atoms with Gasteiger partial charge in [0.05, 0.1) is 7.11 Å². The van der Waals surface area contributed by atoms with Gasteiger partial charge in [0.1, 0.15) is 17.6 Å². The molecule has 0 amide bonds. The zero-order chi connectivity index (χ0) is 12.3. The van der Waals surface area contributed by atoms with E-state index >= 15 is 0 Å². The largest absolute Gasteiger partial charge is 0.497 e. The SMILES string of the molecule is CCCCC1C[C@@H](N)c2ccc(OC)cc2O1. The van der Waals surface area contributed by atoms with Crippen LogP contribution < -0.4 is 15.2 Å². The molecule has 1 aliphatic rings. The van der Waals surface area contributed by atoms with Crippen molar-refractivity contribution in [2.75, 3.05) is 7.11 Å². The molecule has 1 aromatic rings. The zero-order valence-corrected chi connectivity index (χ0v) is 10.6. The van der Waals surface area contributed by atoms with Crippen LogP contribution in [-0.4, -0.2) is 13.2 Å². The summed E-state index contributed by atoms with van der Waals surface area (Å²) in [6.45, 7) is 2.19. The van der Waals surface area contributed by atoms with Gasteiger partial charge >= 0.3 is 0 Å². The number of ether oxygens (including phenoxy) is 2. The Morgan fingerprint density at radius 1 is 1.47 bits per heavy atom. The van der Waals surface area contributed by atoms with E-state index in [0.717, 1.165) is 29.9 Å². The molecule has 0 saturated heterocycles. The molecule has 0 aliphatic carbocycles. The van der Waals surface area contributed by atoms with Gasteiger partial charge in [0.15, 0.2) is 0 Å². The van der Waals surface area contributed by atoms with Gasteiger partial charge < -0.3 is 15.2 Å². The minimum absolute atomic E-state index is 0.0894. The Labute approximate surface area is 103 Å². The summed E-state index contributed by atoms with van der Waals surface area (Å²) in [5, 5.41) is 0. The van der Waals surface area contributed by atoms with Gasteiger partial charge in [-0.2, -0.15) is 0 Å². The fourth-order valence-electron chi connectivity index (χ4n) is 2.30. The highest BCUT2D eigenvalue weighted by Gasteiger charge is 2.25. The standard InChI is InChI=1S/C14H21NO2/c1-3-4-5-11-8-13(15)12-7-6-10(16-2)9-14(12)17-11/h6-7,9,11,13H,3-5,8,15H2,1-2H3/t11?,13-/m1/s1. The molecule has 0 bridgehead atoms. The highest BCUT2D eigenvalue weighted by molar-refractivity contribution is 5.43. The van der Waals surface area contributed by atoms with Crippen LogP contribution in [0.25, 0.3) is 0 Å². The number of hydrogen-bond donors (Lipinski definition) is 1. The average molecular weight is 235 g/mol. The Morgan fingerprint density at radius 2 is 2.29 bits per heavy atom. The molecule has 2 atom stereocenters. The summed E-state index contributed by atoms with van der Waals surface area (Å²) in [4.78, 5) is 0. The second-order valence-corrected chi connectivity index (χ2v) is 4.63. The van der Waals surface area contributed by atoms with Crippen molar-refractivity contribution in [1.82, 2.24) is 0 Å². The molecule has 0 fully saturated rings. The predicted octanol–water partition coefficient (Wildman–Crippen LogP) is 3.04. The van der Waals surface area contributed by atoms with Crippen LogP contribution in [0, 0.1) is 0 Å². The van der Waals surface area contributed by atoms with E-state index in [2.05, 4.69) is 6.92 Å². The predicted molar refractivity (Wildman–Crippen MR) is 68.5 cm³/mol. The molecule has 2 rings (SSSR count). The summed E-state index contributed by atoms with van der Waals surface area (Å²) in [5.41, 5.74) is 7.28. The maximum atomic E-state index is 6.18. The Balaban J connectivity index is 2.15. The van der Waals surface area contributed by atoms with Gasteiger partial charge in [0.25, 0.3) is 0 Å². The Bertz CT molecular complexity index is 378. The average Bonchev–Trinajstić information content (AvgIpc) is 2.35. The van der Waals surface area contributed by atoms with Crippen molar-refractivity contribution in [2.24, 2.45) is 5.73 Å². The molecule has 3 nitrogen and oxygen atoms in total. The number of nitrogens with two attached hydrogens (primary N) is 1. The van der Waals surface area contributed by atoms with E-state index in [9.17, 15) is 0 Å². The van der Waals surface area contributed by atoms with Crippen molar-refractivity contribution >= 4 is 0 Å². The van der Waals surface area contributed by atoms with Crippen LogP contribution in [0.2, 0.25) is 0 Å². The van der Waals surface area contributed by atoms with Crippen LogP contribution in [0.4, 0.5) is 0 Å². The minimum Gasteiger partial charge on any atom is -0.497 e. The number of hydrogen-bond acceptors (Lipinski definition) is 3. The number of unbranched alkanes of at least 4 members (excludes halogenated alkanes) is 1. The molecule has 3 heteroatoms. The summed E-state index contributed by atoms with van der Waals surface area (Å²) in [6.07, 6.45) is 4.64. The first-order chi connectivity index (χ1) is 8.24. The summed E-state index contributed by atoms with van der Waals surface area (Å²) in [6, 6.07) is 5.97. The Kier molecular flexibility index (Phi) is 3.89. The lowest BCUT2D eigenvalue weighted by Gasteiger charge is -2.30. The Hall–Kier alpha value is -1.22. The van der Waals surface area contributed by atoms with Gasteiger partial charge in [-0.15, -0.1) is 0 Å². The molecule has 0 spiro atoms. The van der Waals surface area contributed by atoms with Gasteiger partial charge in [-0.05, 0) is 12.5 Å². The lowest BCUT2D eigenvalue weighted by Crippen LogP contribution is -2.29. The van der Waals surface area contributed by atoms with E-state index in [4.69, 9.17) is 15.2 Å². The van der Waals surface area contributed by atoms with Gasteiger partial charge in [-0.1, -0.05) is 25.8 Å². The highest BCUT2D eigenvalue weighted by atomic mass is 16.5. The van der Waals surface area contributed by atoms with Crippen LogP contribution in [-0.2, 0) is 0 Å². The molecule has 1 aliphatic heterocycles. The minimum atomic E-state index is 0.0894. The van der Waals surface area contributed by atoms with Gasteiger partial charge in [-0.3, -0.25) is 0 Å². The van der Waals surface area contributed by atoms with E-state index in [1.54, 1.807) is 7.11 Å². The van der Waals surface area contributed by atoms with Crippen LogP contribution in [0.1, 0.15) is 44.2 Å². The van der Waals surface area contributed by atoms with Crippen molar-refractivity contribution in [2.45, 2.75) is 44.8 Å². The number of methoxy groups -OCH3 is 1. The third kappa shape index (κ3) is 2.72. The fraction of sp³-hybridized carbons (Fsp3) is 0.571. The number of benzene rings is 1. The van der Waals surface area contributed by atoms with Crippen molar-refractivity contribution in [3.05, 3.63) is 23.8 Å². The molecular formula is C14H21NO2. The summed E-state index contributed by atoms with van der Waals surface area (Å²) in [5.74, 6) is 1.72. The van der Waals surface area contributed by atoms with Crippen molar-refractivity contribution in [3.63, 3.8) is 0 Å². The third-order valence-electron chi connectivity index (χ3n) is 3.31. The maximum absolute atomic E-state index is 6.18. The molecule has 17 heavy (non-hydrogen) atoms. The molecule has 0 radical (unpaired) electrons. The first-order valence-electron chi connectivity index (χ1n) is 6.34. The van der Waals surface area contributed by atoms with E-state index < -0.39 is 0 Å². The lowest BCUT2D eigenvalue weighted by molar-refractivity contribution is 0.147. The normalized spacial score (nSPS) is 22.8. The van der Waals surface area contributed by atoms with E-state index in [1.165, 1.54) is 12.8 Å². The van der Waals surface area contributed by atoms with Gasteiger partial charge in [0, 0.05) is 24.1 Å². The molecule has 2 N–H and O–H groups in total. The van der Waals surface area contributed by atoms with E-state index in [-0.39, 0.29) is 12.1 Å². The fourth-order valence-corrected chi connectivity index (χ4v) is 2.30.